The summed E-state index contributed by atoms with van der Waals surface area (Å²) in [7, 11) is 0. The number of anilines is 1. The normalized spacial score (nSPS) is 25.3. The van der Waals surface area contributed by atoms with Gasteiger partial charge in [0.15, 0.2) is 5.82 Å². The second-order valence-corrected chi connectivity index (χ2v) is 6.62. The molecule has 1 aromatic heterocycles. The Labute approximate surface area is 147 Å². The van der Waals surface area contributed by atoms with Gasteiger partial charge in [0, 0.05) is 25.3 Å². The second-order valence-electron chi connectivity index (χ2n) is 6.62. The molecule has 2 atom stereocenters. The number of amides is 1. The molecular weight excluding hydrogens is 318 g/mol. The predicted molar refractivity (Wildman–Crippen MR) is 93.2 cm³/mol. The van der Waals surface area contributed by atoms with Crippen LogP contribution in [0.2, 0.25) is 0 Å². The average molecular weight is 341 g/mol. The Balaban J connectivity index is 1.49. The molecule has 3 heterocycles. The fourth-order valence-corrected chi connectivity index (χ4v) is 3.67. The van der Waals surface area contributed by atoms with Gasteiger partial charge in [0.2, 0.25) is 5.91 Å². The third-order valence-electron chi connectivity index (χ3n) is 4.92. The number of rotatable bonds is 3. The number of ether oxygens (including phenoxy) is 1. The molecule has 0 bridgehead atoms. The van der Waals surface area contributed by atoms with Gasteiger partial charge < -0.3 is 9.64 Å². The number of aromatic nitrogens is 3. The second kappa shape index (κ2) is 6.93. The maximum Gasteiger partial charge on any atom is 0.244 e. The third-order valence-corrected chi connectivity index (χ3v) is 4.92. The zero-order valence-corrected chi connectivity index (χ0v) is 14.4. The van der Waals surface area contributed by atoms with E-state index in [-0.39, 0.29) is 18.1 Å². The van der Waals surface area contributed by atoms with Gasteiger partial charge in [-0.1, -0.05) is 18.2 Å². The van der Waals surface area contributed by atoms with E-state index in [0.717, 1.165) is 37.4 Å². The Kier molecular flexibility index (Phi) is 4.50. The average Bonchev–Trinajstić information content (AvgIpc) is 3.09. The number of piperidine rings is 1. The van der Waals surface area contributed by atoms with Crippen LogP contribution in [-0.4, -0.2) is 58.3 Å². The lowest BCUT2D eigenvalue weighted by Gasteiger charge is -2.41. The fourth-order valence-electron chi connectivity index (χ4n) is 3.67. The van der Waals surface area contributed by atoms with Gasteiger partial charge in [-0.3, -0.25) is 14.8 Å². The predicted octanol–water partition coefficient (Wildman–Crippen LogP) is 1.68. The third kappa shape index (κ3) is 3.29. The van der Waals surface area contributed by atoms with Gasteiger partial charge in [-0.05, 0) is 31.9 Å². The molecule has 1 N–H and O–H groups in total. The highest BCUT2D eigenvalue weighted by Gasteiger charge is 2.37. The molecule has 132 valence electrons. The first-order valence-corrected chi connectivity index (χ1v) is 8.83. The number of hydrogen-bond donors (Lipinski definition) is 1. The first-order valence-electron chi connectivity index (χ1n) is 8.83. The van der Waals surface area contributed by atoms with Crippen LogP contribution in [0.3, 0.4) is 0 Å². The molecular formula is C18H23N5O2. The first kappa shape index (κ1) is 16.2. The SMILES string of the molecule is Cc1nc([C@H]2CN([C@@H]3CCCN(c4ccccc4)C3=O)CCO2)n[nH]1. The Morgan fingerprint density at radius 1 is 1.24 bits per heavy atom. The molecule has 0 spiro atoms. The number of aryl methyl sites for hydroxylation is 1. The van der Waals surface area contributed by atoms with Crippen molar-refractivity contribution in [1.82, 2.24) is 20.1 Å². The number of carbonyl (C=O) groups is 1. The van der Waals surface area contributed by atoms with Gasteiger partial charge in [-0.2, -0.15) is 5.10 Å². The van der Waals surface area contributed by atoms with Gasteiger partial charge >= 0.3 is 0 Å². The van der Waals surface area contributed by atoms with Gasteiger partial charge in [0.25, 0.3) is 0 Å². The molecule has 0 saturated carbocycles. The molecule has 0 aliphatic carbocycles. The van der Waals surface area contributed by atoms with E-state index in [1.807, 2.05) is 42.2 Å². The summed E-state index contributed by atoms with van der Waals surface area (Å²) in [6.07, 6.45) is 1.72. The van der Waals surface area contributed by atoms with Crippen molar-refractivity contribution in [1.29, 1.82) is 0 Å². The van der Waals surface area contributed by atoms with Gasteiger partial charge in [-0.15, -0.1) is 0 Å². The van der Waals surface area contributed by atoms with Crippen LogP contribution in [-0.2, 0) is 9.53 Å². The van der Waals surface area contributed by atoms with Crippen LogP contribution in [0.4, 0.5) is 5.69 Å². The summed E-state index contributed by atoms with van der Waals surface area (Å²) < 4.78 is 5.83. The fraction of sp³-hybridized carbons (Fsp3) is 0.500. The number of morpholine rings is 1. The highest BCUT2D eigenvalue weighted by Crippen LogP contribution is 2.27. The Bertz CT molecular complexity index is 732. The molecule has 0 radical (unpaired) electrons. The van der Waals surface area contributed by atoms with Crippen LogP contribution in [0.1, 0.15) is 30.6 Å². The summed E-state index contributed by atoms with van der Waals surface area (Å²) in [4.78, 5) is 21.6. The van der Waals surface area contributed by atoms with E-state index in [0.29, 0.717) is 19.0 Å². The quantitative estimate of drug-likeness (QED) is 0.919. The summed E-state index contributed by atoms with van der Waals surface area (Å²) in [6, 6.07) is 9.82. The van der Waals surface area contributed by atoms with Crippen LogP contribution < -0.4 is 4.90 Å². The highest BCUT2D eigenvalue weighted by molar-refractivity contribution is 5.97. The molecule has 7 heteroatoms. The molecule has 1 amide bonds. The summed E-state index contributed by atoms with van der Waals surface area (Å²) >= 11 is 0. The Morgan fingerprint density at radius 3 is 2.84 bits per heavy atom. The van der Waals surface area contributed by atoms with Crippen LogP contribution in [0.5, 0.6) is 0 Å². The molecule has 1 aromatic carbocycles. The zero-order chi connectivity index (χ0) is 17.2. The minimum absolute atomic E-state index is 0.0969. The van der Waals surface area contributed by atoms with Crippen molar-refractivity contribution >= 4 is 11.6 Å². The molecule has 4 rings (SSSR count). The van der Waals surface area contributed by atoms with Crippen molar-refractivity contribution in [3.8, 4) is 0 Å². The number of nitrogens with one attached hydrogen (secondary N) is 1. The lowest BCUT2D eigenvalue weighted by Crippen LogP contribution is -2.55. The molecule has 2 aromatic rings. The van der Waals surface area contributed by atoms with Crippen molar-refractivity contribution in [2.75, 3.05) is 31.1 Å². The van der Waals surface area contributed by atoms with Crippen LogP contribution in [0.25, 0.3) is 0 Å². The molecule has 2 fully saturated rings. The zero-order valence-electron chi connectivity index (χ0n) is 14.4. The van der Waals surface area contributed by atoms with Crippen molar-refractivity contribution < 1.29 is 9.53 Å². The van der Waals surface area contributed by atoms with Gasteiger partial charge in [0.05, 0.1) is 12.6 Å². The smallest absolute Gasteiger partial charge is 0.244 e. The van der Waals surface area contributed by atoms with Crippen molar-refractivity contribution in [2.45, 2.75) is 31.9 Å². The summed E-state index contributed by atoms with van der Waals surface area (Å²) in [5.74, 6) is 1.63. The Morgan fingerprint density at radius 2 is 2.08 bits per heavy atom. The molecule has 0 unspecified atom stereocenters. The van der Waals surface area contributed by atoms with E-state index in [9.17, 15) is 4.79 Å². The molecule has 2 aliphatic rings. The first-order chi connectivity index (χ1) is 12.2. The Hall–Kier alpha value is -2.25. The number of hydrogen-bond acceptors (Lipinski definition) is 5. The number of benzene rings is 1. The van der Waals surface area contributed by atoms with E-state index >= 15 is 0 Å². The van der Waals surface area contributed by atoms with E-state index in [2.05, 4.69) is 20.1 Å². The monoisotopic (exact) mass is 341 g/mol. The number of H-pyrrole nitrogens is 1. The molecule has 2 saturated heterocycles. The highest BCUT2D eigenvalue weighted by atomic mass is 16.5. The maximum absolute atomic E-state index is 13.1. The summed E-state index contributed by atoms with van der Waals surface area (Å²) in [5.41, 5.74) is 0.978. The van der Waals surface area contributed by atoms with E-state index < -0.39 is 0 Å². The van der Waals surface area contributed by atoms with E-state index in [1.54, 1.807) is 0 Å². The van der Waals surface area contributed by atoms with Crippen molar-refractivity contribution in [3.05, 3.63) is 42.0 Å². The van der Waals surface area contributed by atoms with E-state index in [1.165, 1.54) is 0 Å². The lowest BCUT2D eigenvalue weighted by molar-refractivity contribution is -0.129. The van der Waals surface area contributed by atoms with Crippen LogP contribution in [0.15, 0.2) is 30.3 Å². The van der Waals surface area contributed by atoms with Gasteiger partial charge in [-0.25, -0.2) is 4.98 Å². The topological polar surface area (TPSA) is 74.3 Å². The lowest BCUT2D eigenvalue weighted by atomic mass is 10.0. The minimum atomic E-state index is -0.182. The molecule has 2 aliphatic heterocycles. The summed E-state index contributed by atoms with van der Waals surface area (Å²) in [5, 5.41) is 7.08. The maximum atomic E-state index is 13.1. The van der Waals surface area contributed by atoms with Gasteiger partial charge in [0.1, 0.15) is 11.9 Å². The summed E-state index contributed by atoms with van der Waals surface area (Å²) in [6.45, 7) is 4.66. The standard InChI is InChI=1S/C18H23N5O2/c1-13-19-17(21-20-13)16-12-22(10-11-25-16)15-8-5-9-23(18(15)24)14-6-3-2-4-7-14/h2-4,6-7,15-16H,5,8-12H2,1H3,(H,19,20,21)/t15-,16-/m1/s1. The number of carbonyl (C=O) groups excluding carboxylic acids is 1. The number of nitrogens with zero attached hydrogens (tertiary/aromatic N) is 4. The van der Waals surface area contributed by atoms with Crippen LogP contribution in [0, 0.1) is 6.92 Å². The van der Waals surface area contributed by atoms with Crippen molar-refractivity contribution in [3.63, 3.8) is 0 Å². The number of aromatic amines is 1. The van der Waals surface area contributed by atoms with Crippen molar-refractivity contribution in [2.24, 2.45) is 0 Å². The molecule has 25 heavy (non-hydrogen) atoms. The largest absolute Gasteiger partial charge is 0.367 e. The number of para-hydroxylation sites is 1. The van der Waals surface area contributed by atoms with Crippen LogP contribution >= 0.6 is 0 Å². The van der Waals surface area contributed by atoms with E-state index in [4.69, 9.17) is 4.74 Å². The minimum Gasteiger partial charge on any atom is -0.367 e. The molecule has 7 nitrogen and oxygen atoms in total.